The lowest BCUT2D eigenvalue weighted by molar-refractivity contribution is -0.123. The summed E-state index contributed by atoms with van der Waals surface area (Å²) in [6, 6.07) is 25.6. The Morgan fingerprint density at radius 1 is 0.854 bits per heavy atom. The van der Waals surface area contributed by atoms with Gasteiger partial charge in [-0.25, -0.2) is 0 Å². The number of methoxy groups -OCH3 is 1. The SMILES string of the molecule is COc1cccnc1CN1CCC(N(CCCCCCCCN2CC[C@@H](C(C(N)=O)(c3ccccc3)c3ccccc3)C2)C(C)C)CC1. The van der Waals surface area contributed by atoms with Crippen molar-refractivity contribution in [1.82, 2.24) is 19.7 Å². The number of rotatable bonds is 18. The molecule has 0 saturated carbocycles. The average Bonchev–Trinajstić information content (AvgIpc) is 3.58. The molecule has 1 amide bonds. The molecular formula is C41H59N5O2. The highest BCUT2D eigenvalue weighted by Gasteiger charge is 2.49. The molecule has 5 rings (SSSR count). The predicted molar refractivity (Wildman–Crippen MR) is 196 cm³/mol. The Hall–Kier alpha value is -3.26. The number of nitrogens with two attached hydrogens (primary N) is 1. The first kappa shape index (κ1) is 36.0. The lowest BCUT2D eigenvalue weighted by atomic mass is 9.64. The van der Waals surface area contributed by atoms with Crippen molar-refractivity contribution in [3.05, 3.63) is 95.8 Å². The van der Waals surface area contributed by atoms with Gasteiger partial charge >= 0.3 is 0 Å². The van der Waals surface area contributed by atoms with Gasteiger partial charge in [-0.3, -0.25) is 19.6 Å². The number of pyridine rings is 1. The van der Waals surface area contributed by atoms with Gasteiger partial charge < -0.3 is 15.4 Å². The average molecular weight is 654 g/mol. The Bertz CT molecular complexity index is 1340. The zero-order chi connectivity index (χ0) is 33.8. The number of carbonyl (C=O) groups is 1. The Morgan fingerprint density at radius 3 is 2.06 bits per heavy atom. The number of hydrogen-bond donors (Lipinski definition) is 1. The van der Waals surface area contributed by atoms with Crippen LogP contribution in [-0.4, -0.2) is 84.1 Å². The van der Waals surface area contributed by atoms with Crippen LogP contribution in [0.3, 0.4) is 0 Å². The predicted octanol–water partition coefficient (Wildman–Crippen LogP) is 6.90. The Morgan fingerprint density at radius 2 is 1.46 bits per heavy atom. The smallest absolute Gasteiger partial charge is 0.232 e. The minimum Gasteiger partial charge on any atom is -0.495 e. The Labute approximate surface area is 289 Å². The first-order valence-corrected chi connectivity index (χ1v) is 18.5. The van der Waals surface area contributed by atoms with Crippen LogP contribution in [0.2, 0.25) is 0 Å². The molecule has 0 aliphatic carbocycles. The van der Waals surface area contributed by atoms with E-state index >= 15 is 0 Å². The normalized spacial score (nSPS) is 18.1. The van der Waals surface area contributed by atoms with Crippen LogP contribution in [0.25, 0.3) is 0 Å². The van der Waals surface area contributed by atoms with E-state index in [9.17, 15) is 4.79 Å². The minimum atomic E-state index is -0.800. The topological polar surface area (TPSA) is 74.9 Å². The van der Waals surface area contributed by atoms with Gasteiger partial charge in [0, 0.05) is 44.5 Å². The number of piperidine rings is 1. The number of carbonyl (C=O) groups excluding carboxylic acids is 1. The van der Waals surface area contributed by atoms with E-state index in [2.05, 4.69) is 57.8 Å². The van der Waals surface area contributed by atoms with Gasteiger partial charge in [0.2, 0.25) is 5.91 Å². The van der Waals surface area contributed by atoms with E-state index in [0.717, 1.165) is 68.3 Å². The fourth-order valence-corrected chi connectivity index (χ4v) is 8.46. The van der Waals surface area contributed by atoms with Gasteiger partial charge in [0.1, 0.15) is 11.2 Å². The fraction of sp³-hybridized carbons (Fsp3) is 0.561. The number of primary amides is 1. The minimum absolute atomic E-state index is 0.167. The second kappa shape index (κ2) is 17.9. The van der Waals surface area contributed by atoms with Gasteiger partial charge in [0.05, 0.1) is 12.8 Å². The number of amides is 1. The van der Waals surface area contributed by atoms with Crippen molar-refractivity contribution in [3.63, 3.8) is 0 Å². The molecule has 0 radical (unpaired) electrons. The van der Waals surface area contributed by atoms with Crippen molar-refractivity contribution < 1.29 is 9.53 Å². The molecule has 7 heteroatoms. The van der Waals surface area contributed by atoms with E-state index in [1.807, 2.05) is 54.7 Å². The van der Waals surface area contributed by atoms with E-state index in [1.54, 1.807) is 7.11 Å². The molecule has 3 aromatic rings. The molecule has 0 bridgehead atoms. The zero-order valence-corrected chi connectivity index (χ0v) is 29.7. The molecule has 0 unspecified atom stereocenters. The van der Waals surface area contributed by atoms with E-state index < -0.39 is 5.41 Å². The van der Waals surface area contributed by atoms with Crippen molar-refractivity contribution in [2.45, 2.75) is 95.7 Å². The number of nitrogens with zero attached hydrogens (tertiary/aromatic N) is 4. The number of aromatic nitrogens is 1. The molecule has 0 spiro atoms. The highest BCUT2D eigenvalue weighted by atomic mass is 16.5. The standard InChI is InChI=1S/C41H59N5O2/c1-33(2)46(37-23-29-45(30-24-37)32-38-39(48-3)21-16-25-43-38)27-15-7-5-4-6-14-26-44-28-22-36(31-44)41(40(42)47,34-17-10-8-11-18-34)35-19-12-9-13-20-35/h8-13,16-21,25,33,36-37H,4-7,14-15,22-24,26-32H2,1-3H3,(H2,42,47)/t36-/m1/s1. The zero-order valence-electron chi connectivity index (χ0n) is 29.7. The summed E-state index contributed by atoms with van der Waals surface area (Å²) in [6.07, 6.45) is 13.0. The molecule has 2 saturated heterocycles. The third kappa shape index (κ3) is 8.85. The van der Waals surface area contributed by atoms with E-state index in [1.165, 1.54) is 57.9 Å². The summed E-state index contributed by atoms with van der Waals surface area (Å²) in [5, 5.41) is 0. The Kier molecular flexibility index (Phi) is 13.5. The van der Waals surface area contributed by atoms with Crippen molar-refractivity contribution >= 4 is 5.91 Å². The molecule has 2 fully saturated rings. The highest BCUT2D eigenvalue weighted by Crippen LogP contribution is 2.43. The van der Waals surface area contributed by atoms with Gasteiger partial charge in [-0.1, -0.05) is 86.3 Å². The Balaban J connectivity index is 1.00. The molecular weight excluding hydrogens is 594 g/mol. The van der Waals surface area contributed by atoms with Crippen LogP contribution in [0, 0.1) is 5.92 Å². The molecule has 1 aromatic heterocycles. The molecule has 2 aromatic carbocycles. The molecule has 2 N–H and O–H groups in total. The summed E-state index contributed by atoms with van der Waals surface area (Å²) in [4.78, 5) is 25.8. The van der Waals surface area contributed by atoms with E-state index in [-0.39, 0.29) is 11.8 Å². The monoisotopic (exact) mass is 653 g/mol. The van der Waals surface area contributed by atoms with Gasteiger partial charge in [0.15, 0.2) is 0 Å². The molecule has 2 aliphatic heterocycles. The van der Waals surface area contributed by atoms with Crippen molar-refractivity contribution in [2.24, 2.45) is 11.7 Å². The second-order valence-electron chi connectivity index (χ2n) is 14.3. The summed E-state index contributed by atoms with van der Waals surface area (Å²) < 4.78 is 5.52. The van der Waals surface area contributed by atoms with Gasteiger partial charge in [-0.2, -0.15) is 0 Å². The molecule has 1 atom stereocenters. The summed E-state index contributed by atoms with van der Waals surface area (Å²) in [5.41, 5.74) is 8.56. The van der Waals surface area contributed by atoms with Crippen LogP contribution < -0.4 is 10.5 Å². The maximum absolute atomic E-state index is 13.4. The van der Waals surface area contributed by atoms with Gasteiger partial charge in [-0.15, -0.1) is 0 Å². The van der Waals surface area contributed by atoms with Crippen molar-refractivity contribution in [1.29, 1.82) is 0 Å². The van der Waals surface area contributed by atoms with Crippen LogP contribution in [0.1, 0.15) is 88.5 Å². The number of unbranched alkanes of at least 4 members (excludes halogenated alkanes) is 5. The fourth-order valence-electron chi connectivity index (χ4n) is 8.46. The maximum Gasteiger partial charge on any atom is 0.232 e. The highest BCUT2D eigenvalue weighted by molar-refractivity contribution is 5.91. The maximum atomic E-state index is 13.4. The van der Waals surface area contributed by atoms with Crippen LogP contribution >= 0.6 is 0 Å². The molecule has 3 heterocycles. The summed E-state index contributed by atoms with van der Waals surface area (Å²) in [7, 11) is 1.73. The van der Waals surface area contributed by atoms with E-state index in [4.69, 9.17) is 10.5 Å². The largest absolute Gasteiger partial charge is 0.495 e. The lowest BCUT2D eigenvalue weighted by Crippen LogP contribution is -2.49. The quantitative estimate of drug-likeness (QED) is 0.151. The summed E-state index contributed by atoms with van der Waals surface area (Å²) in [5.74, 6) is 0.817. The lowest BCUT2D eigenvalue weighted by Gasteiger charge is -2.40. The van der Waals surface area contributed by atoms with Crippen LogP contribution in [-0.2, 0) is 16.8 Å². The van der Waals surface area contributed by atoms with Crippen LogP contribution in [0.5, 0.6) is 5.75 Å². The van der Waals surface area contributed by atoms with Gasteiger partial charge in [-0.05, 0) is 94.8 Å². The third-order valence-corrected chi connectivity index (χ3v) is 11.0. The van der Waals surface area contributed by atoms with Crippen molar-refractivity contribution in [2.75, 3.05) is 46.4 Å². The number of hydrogen-bond acceptors (Lipinski definition) is 6. The third-order valence-electron chi connectivity index (χ3n) is 11.0. The number of likely N-dealkylation sites (tertiary alicyclic amines) is 2. The molecule has 7 nitrogen and oxygen atoms in total. The second-order valence-corrected chi connectivity index (χ2v) is 14.3. The first-order chi connectivity index (χ1) is 23.4. The first-order valence-electron chi connectivity index (χ1n) is 18.5. The van der Waals surface area contributed by atoms with Crippen molar-refractivity contribution in [3.8, 4) is 5.75 Å². The van der Waals surface area contributed by atoms with Gasteiger partial charge in [0.25, 0.3) is 0 Å². The van der Waals surface area contributed by atoms with Crippen LogP contribution in [0.15, 0.2) is 79.0 Å². The number of ether oxygens (including phenoxy) is 1. The summed E-state index contributed by atoms with van der Waals surface area (Å²) >= 11 is 0. The molecule has 260 valence electrons. The molecule has 2 aliphatic rings. The summed E-state index contributed by atoms with van der Waals surface area (Å²) in [6.45, 7) is 12.1. The molecule has 48 heavy (non-hydrogen) atoms. The van der Waals surface area contributed by atoms with Crippen LogP contribution in [0.4, 0.5) is 0 Å². The number of benzene rings is 2. The van der Waals surface area contributed by atoms with E-state index in [0.29, 0.717) is 12.1 Å².